The van der Waals surface area contributed by atoms with Crippen molar-refractivity contribution in [1.29, 1.82) is 0 Å². The van der Waals surface area contributed by atoms with Gasteiger partial charge in [0.25, 0.3) is 0 Å². The summed E-state index contributed by atoms with van der Waals surface area (Å²) in [6, 6.07) is -0.0587. The molecule has 1 aliphatic rings. The zero-order chi connectivity index (χ0) is 13.7. The highest BCUT2D eigenvalue weighted by molar-refractivity contribution is 5.16. The van der Waals surface area contributed by atoms with Gasteiger partial charge in [0.05, 0.1) is 17.8 Å². The van der Waals surface area contributed by atoms with Crippen LogP contribution in [0.5, 0.6) is 0 Å². The first-order valence-corrected chi connectivity index (χ1v) is 6.96. The van der Waals surface area contributed by atoms with Crippen LogP contribution >= 0.6 is 0 Å². The summed E-state index contributed by atoms with van der Waals surface area (Å²) >= 11 is 0. The molecule has 6 nitrogen and oxygen atoms in total. The quantitative estimate of drug-likeness (QED) is 0.594. The number of aryl methyl sites for hydroxylation is 1. The van der Waals surface area contributed by atoms with Crippen molar-refractivity contribution in [2.24, 2.45) is 5.84 Å². The maximum absolute atomic E-state index is 6.06. The van der Waals surface area contributed by atoms with Crippen LogP contribution in [0.2, 0.25) is 0 Å². The Labute approximate surface area is 114 Å². The minimum Gasteiger partial charge on any atom is -0.381 e. The van der Waals surface area contributed by atoms with Crippen LogP contribution in [-0.4, -0.2) is 35.2 Å². The second-order valence-corrected chi connectivity index (χ2v) is 4.84. The average Bonchev–Trinajstić information content (AvgIpc) is 2.89. The molecule has 0 aliphatic carbocycles. The molecule has 1 saturated heterocycles. The van der Waals surface area contributed by atoms with E-state index in [-0.39, 0.29) is 11.6 Å². The zero-order valence-electron chi connectivity index (χ0n) is 11.8. The monoisotopic (exact) mass is 268 g/mol. The summed E-state index contributed by atoms with van der Waals surface area (Å²) in [5.41, 5.74) is 3.68. The van der Waals surface area contributed by atoms with Gasteiger partial charge in [-0.2, -0.15) is 5.10 Å². The second kappa shape index (κ2) is 6.47. The molecule has 1 aliphatic heterocycles. The maximum Gasteiger partial charge on any atom is 0.0933 e. The van der Waals surface area contributed by atoms with E-state index >= 15 is 0 Å². The number of hydrogen-bond donors (Lipinski definition) is 2. The summed E-state index contributed by atoms with van der Waals surface area (Å²) in [6.07, 6.45) is 5.57. The standard InChI is InChI=1S/C13H24N4O2/c1-3-17-10-11(9-15-17)12(16-14)13(19-4-2)5-7-18-8-6-13/h9-10,12,16H,3-8,14H2,1-2H3. The molecule has 1 fully saturated rings. The molecule has 0 radical (unpaired) electrons. The van der Waals surface area contributed by atoms with Crippen molar-refractivity contribution in [3.05, 3.63) is 18.0 Å². The van der Waals surface area contributed by atoms with Crippen molar-refractivity contribution in [3.63, 3.8) is 0 Å². The summed E-state index contributed by atoms with van der Waals surface area (Å²) in [4.78, 5) is 0. The summed E-state index contributed by atoms with van der Waals surface area (Å²) in [5.74, 6) is 5.79. The van der Waals surface area contributed by atoms with E-state index in [9.17, 15) is 0 Å². The van der Waals surface area contributed by atoms with Gasteiger partial charge in [0.1, 0.15) is 0 Å². The van der Waals surface area contributed by atoms with E-state index < -0.39 is 0 Å². The summed E-state index contributed by atoms with van der Waals surface area (Å²) in [6.45, 7) is 7.01. The first kappa shape index (κ1) is 14.5. The molecule has 108 valence electrons. The van der Waals surface area contributed by atoms with Crippen molar-refractivity contribution >= 4 is 0 Å². The first-order chi connectivity index (χ1) is 9.25. The van der Waals surface area contributed by atoms with Crippen LogP contribution in [0.4, 0.5) is 0 Å². The lowest BCUT2D eigenvalue weighted by Gasteiger charge is -2.42. The predicted molar refractivity (Wildman–Crippen MR) is 72.4 cm³/mol. The van der Waals surface area contributed by atoms with Crippen molar-refractivity contribution in [2.75, 3.05) is 19.8 Å². The molecule has 0 bridgehead atoms. The molecule has 0 amide bonds. The molecule has 1 aromatic rings. The Hall–Kier alpha value is -0.950. The third kappa shape index (κ3) is 2.97. The van der Waals surface area contributed by atoms with Gasteiger partial charge < -0.3 is 9.47 Å². The van der Waals surface area contributed by atoms with Gasteiger partial charge in [-0.15, -0.1) is 0 Å². The van der Waals surface area contributed by atoms with Crippen molar-refractivity contribution in [1.82, 2.24) is 15.2 Å². The fourth-order valence-corrected chi connectivity index (χ4v) is 2.77. The highest BCUT2D eigenvalue weighted by Crippen LogP contribution is 2.37. The Morgan fingerprint density at radius 3 is 2.79 bits per heavy atom. The van der Waals surface area contributed by atoms with E-state index in [0.717, 1.165) is 24.9 Å². The number of hydrogen-bond acceptors (Lipinski definition) is 5. The molecule has 1 aromatic heterocycles. The van der Waals surface area contributed by atoms with Crippen LogP contribution < -0.4 is 11.3 Å². The third-order valence-electron chi connectivity index (χ3n) is 3.77. The van der Waals surface area contributed by atoms with Gasteiger partial charge in [-0.3, -0.25) is 10.5 Å². The topological polar surface area (TPSA) is 74.3 Å². The fraction of sp³-hybridized carbons (Fsp3) is 0.769. The van der Waals surface area contributed by atoms with Crippen LogP contribution in [0, 0.1) is 0 Å². The summed E-state index contributed by atoms with van der Waals surface area (Å²) < 4.78 is 13.4. The van der Waals surface area contributed by atoms with Crippen molar-refractivity contribution < 1.29 is 9.47 Å². The number of nitrogens with zero attached hydrogens (tertiary/aromatic N) is 2. The highest BCUT2D eigenvalue weighted by atomic mass is 16.5. The number of nitrogens with one attached hydrogen (secondary N) is 1. The lowest BCUT2D eigenvalue weighted by molar-refractivity contribution is -0.128. The van der Waals surface area contributed by atoms with Gasteiger partial charge in [0.2, 0.25) is 0 Å². The van der Waals surface area contributed by atoms with E-state index in [1.165, 1.54) is 0 Å². The van der Waals surface area contributed by atoms with Gasteiger partial charge in [-0.05, 0) is 13.8 Å². The first-order valence-electron chi connectivity index (χ1n) is 6.96. The molecule has 0 spiro atoms. The molecule has 6 heteroatoms. The summed E-state index contributed by atoms with van der Waals surface area (Å²) in [5, 5.41) is 4.32. The van der Waals surface area contributed by atoms with E-state index in [1.54, 1.807) is 0 Å². The Balaban J connectivity index is 2.25. The molecule has 2 rings (SSSR count). The van der Waals surface area contributed by atoms with Crippen LogP contribution in [0.1, 0.15) is 38.3 Å². The van der Waals surface area contributed by atoms with E-state index in [1.807, 2.05) is 24.0 Å². The number of hydrazine groups is 1. The second-order valence-electron chi connectivity index (χ2n) is 4.84. The molecule has 0 saturated carbocycles. The Morgan fingerprint density at radius 2 is 2.26 bits per heavy atom. The Kier molecular flexibility index (Phi) is 4.93. The van der Waals surface area contributed by atoms with Crippen molar-refractivity contribution in [3.8, 4) is 0 Å². The van der Waals surface area contributed by atoms with Crippen LogP contribution in [0.25, 0.3) is 0 Å². The minimum atomic E-state index is -0.302. The Bertz CT molecular complexity index is 382. The summed E-state index contributed by atoms with van der Waals surface area (Å²) in [7, 11) is 0. The average molecular weight is 268 g/mol. The molecule has 19 heavy (non-hydrogen) atoms. The van der Waals surface area contributed by atoms with Crippen LogP contribution in [0.3, 0.4) is 0 Å². The fourth-order valence-electron chi connectivity index (χ4n) is 2.77. The number of ether oxygens (including phenoxy) is 2. The van der Waals surface area contributed by atoms with E-state index in [0.29, 0.717) is 19.8 Å². The molecule has 1 unspecified atom stereocenters. The highest BCUT2D eigenvalue weighted by Gasteiger charge is 2.42. The number of nitrogens with two attached hydrogens (primary N) is 1. The third-order valence-corrected chi connectivity index (χ3v) is 3.77. The zero-order valence-corrected chi connectivity index (χ0v) is 11.8. The lowest BCUT2D eigenvalue weighted by atomic mass is 9.83. The predicted octanol–water partition coefficient (Wildman–Crippen LogP) is 0.993. The van der Waals surface area contributed by atoms with Gasteiger partial charge >= 0.3 is 0 Å². The molecular formula is C13H24N4O2. The SMILES string of the molecule is CCOC1(C(NN)c2cnn(CC)c2)CCOCC1. The molecule has 3 N–H and O–H groups in total. The maximum atomic E-state index is 6.06. The van der Waals surface area contributed by atoms with E-state index in [2.05, 4.69) is 17.4 Å². The lowest BCUT2D eigenvalue weighted by Crippen LogP contribution is -2.51. The normalized spacial score (nSPS) is 20.4. The minimum absolute atomic E-state index is 0.0587. The Morgan fingerprint density at radius 1 is 1.53 bits per heavy atom. The smallest absolute Gasteiger partial charge is 0.0933 e. The molecule has 1 atom stereocenters. The number of rotatable bonds is 6. The van der Waals surface area contributed by atoms with Crippen LogP contribution in [0.15, 0.2) is 12.4 Å². The number of aromatic nitrogens is 2. The largest absolute Gasteiger partial charge is 0.381 e. The van der Waals surface area contributed by atoms with Gasteiger partial charge in [0, 0.05) is 51.0 Å². The van der Waals surface area contributed by atoms with Crippen molar-refractivity contribution in [2.45, 2.75) is 44.9 Å². The van der Waals surface area contributed by atoms with Gasteiger partial charge in [-0.1, -0.05) is 0 Å². The van der Waals surface area contributed by atoms with Gasteiger partial charge in [0.15, 0.2) is 0 Å². The molecular weight excluding hydrogens is 244 g/mol. The molecule has 0 aromatic carbocycles. The van der Waals surface area contributed by atoms with Gasteiger partial charge in [-0.25, -0.2) is 5.43 Å². The van der Waals surface area contributed by atoms with Crippen LogP contribution in [-0.2, 0) is 16.0 Å². The molecule has 2 heterocycles. The van der Waals surface area contributed by atoms with E-state index in [4.69, 9.17) is 15.3 Å².